The highest BCUT2D eigenvalue weighted by Gasteiger charge is 2.40. The third kappa shape index (κ3) is 15.0. The zero-order valence-electron chi connectivity index (χ0n) is 44.2. The molecule has 79 heavy (non-hydrogen) atoms. The van der Waals surface area contributed by atoms with E-state index in [1.807, 2.05) is 18.2 Å². The SMILES string of the molecule is COc1cc(-c2cnc3cccc(-c4cc(F)c(CN5CCS(=O)(=O)CC5)c(F)c4)c3n2)ccc1OCCCN1CCN(CCOCCOCCOCCOCC(=O)Nc2cccc3c2CN(C2CCC(=O)NC2=O)C3=O)CC1. The summed E-state index contributed by atoms with van der Waals surface area (Å²) in [6.07, 6.45) is 2.89. The Morgan fingerprint density at radius 3 is 2.13 bits per heavy atom. The molecular weight excluding hydrogens is 1050 g/mol. The lowest BCUT2D eigenvalue weighted by atomic mass is 10.0. The number of carbonyl (C=O) groups excluding carboxylic acids is 4. The molecule has 0 radical (unpaired) electrons. The van der Waals surface area contributed by atoms with Crippen molar-refractivity contribution in [3.05, 3.63) is 101 Å². The summed E-state index contributed by atoms with van der Waals surface area (Å²) in [5.41, 5.74) is 4.54. The van der Waals surface area contributed by atoms with Gasteiger partial charge in [-0.05, 0) is 66.9 Å². The first-order valence-corrected chi connectivity index (χ1v) is 28.4. The van der Waals surface area contributed by atoms with E-state index < -0.39 is 33.4 Å². The maximum atomic E-state index is 15.5. The molecule has 3 saturated heterocycles. The standard InChI is InChI=1S/C56H66F2N8O12S/c1-73-51-33-38(48-34-59-47-8-2-5-40(54(47)61-48)39-31-44(57)43(45(58)32-39)35-65-19-29-79(71,72)30-20-65)9-11-50(51)78-21-4-13-63-14-16-64(17-15-63)18-22-74-23-24-75-25-26-76-27-28-77-37-53(68)60-46-7-3-6-41-42(46)36-66(56(41)70)49-10-12-52(67)62-55(49)69/h2-3,5-9,11,31-34,49H,4,10,12-30,35-37H2,1H3,(H,60,68)(H,62,67,69). The third-order valence-electron chi connectivity index (χ3n) is 14.4. The van der Waals surface area contributed by atoms with Gasteiger partial charge in [-0.3, -0.25) is 39.3 Å². The number of imide groups is 1. The number of halogens is 2. The maximum absolute atomic E-state index is 15.5. The number of benzene rings is 4. The van der Waals surface area contributed by atoms with E-state index >= 15 is 8.78 Å². The smallest absolute Gasteiger partial charge is 0.255 e. The van der Waals surface area contributed by atoms with Crippen molar-refractivity contribution in [3.8, 4) is 33.9 Å². The number of para-hydroxylation sites is 1. The Balaban J connectivity index is 0.606. The minimum atomic E-state index is -3.12. The number of methoxy groups -OCH3 is 1. The van der Waals surface area contributed by atoms with Crippen LogP contribution in [0.5, 0.6) is 11.5 Å². The Hall–Kier alpha value is -6.57. The Kier molecular flexibility index (Phi) is 19.6. The molecule has 4 aliphatic rings. The molecule has 2 N–H and O–H groups in total. The summed E-state index contributed by atoms with van der Waals surface area (Å²) in [7, 11) is -1.54. The highest BCUT2D eigenvalue weighted by molar-refractivity contribution is 7.91. The summed E-state index contributed by atoms with van der Waals surface area (Å²) >= 11 is 0. The van der Waals surface area contributed by atoms with Crippen molar-refractivity contribution in [2.75, 3.05) is 136 Å². The Morgan fingerprint density at radius 1 is 0.747 bits per heavy atom. The van der Waals surface area contributed by atoms with Crippen molar-refractivity contribution >= 4 is 50.2 Å². The number of nitrogens with one attached hydrogen (secondary N) is 2. The molecule has 5 heterocycles. The molecule has 0 spiro atoms. The number of nitrogens with zero attached hydrogens (tertiary/aromatic N) is 6. The summed E-state index contributed by atoms with van der Waals surface area (Å²) in [6, 6.07) is 17.7. The van der Waals surface area contributed by atoms with Crippen molar-refractivity contribution in [2.45, 2.75) is 38.4 Å². The number of sulfone groups is 1. The molecule has 1 atom stereocenters. The maximum Gasteiger partial charge on any atom is 0.255 e. The van der Waals surface area contributed by atoms with E-state index in [2.05, 4.69) is 25.4 Å². The number of carbonyl (C=O) groups is 4. The van der Waals surface area contributed by atoms with Gasteiger partial charge in [0.25, 0.3) is 5.91 Å². The number of ether oxygens (including phenoxy) is 6. The predicted octanol–water partition coefficient (Wildman–Crippen LogP) is 4.33. The molecule has 3 fully saturated rings. The van der Waals surface area contributed by atoms with Crippen molar-refractivity contribution in [3.63, 3.8) is 0 Å². The van der Waals surface area contributed by atoms with Gasteiger partial charge >= 0.3 is 0 Å². The van der Waals surface area contributed by atoms with Crippen LogP contribution < -0.4 is 20.1 Å². The fraction of sp³-hybridized carbons (Fsp3) is 0.464. The van der Waals surface area contributed by atoms with Gasteiger partial charge in [-0.25, -0.2) is 22.2 Å². The van der Waals surface area contributed by atoms with E-state index in [9.17, 15) is 27.6 Å². The van der Waals surface area contributed by atoms with E-state index in [0.717, 1.165) is 51.3 Å². The molecule has 0 aliphatic carbocycles. The Labute approximate surface area is 457 Å². The van der Waals surface area contributed by atoms with Crippen LogP contribution in [0.25, 0.3) is 33.4 Å². The molecule has 4 aromatic carbocycles. The largest absolute Gasteiger partial charge is 0.493 e. The van der Waals surface area contributed by atoms with Gasteiger partial charge in [0.15, 0.2) is 21.3 Å². The minimum Gasteiger partial charge on any atom is -0.493 e. The molecule has 9 rings (SSSR count). The Bertz CT molecular complexity index is 3070. The molecule has 1 aromatic heterocycles. The number of rotatable bonds is 26. The fourth-order valence-electron chi connectivity index (χ4n) is 10.0. The van der Waals surface area contributed by atoms with E-state index in [4.69, 9.17) is 33.4 Å². The molecule has 23 heteroatoms. The number of hydrogen-bond acceptors (Lipinski definition) is 17. The van der Waals surface area contributed by atoms with E-state index in [1.165, 1.54) is 17.0 Å². The number of aromatic nitrogens is 2. The zero-order valence-corrected chi connectivity index (χ0v) is 45.0. The molecule has 5 aromatic rings. The normalized spacial score (nSPS) is 18.0. The first-order valence-electron chi connectivity index (χ1n) is 26.6. The van der Waals surface area contributed by atoms with Gasteiger partial charge in [0, 0.05) is 105 Å². The summed E-state index contributed by atoms with van der Waals surface area (Å²) in [4.78, 5) is 67.2. The summed E-state index contributed by atoms with van der Waals surface area (Å²) < 4.78 is 89.1. The van der Waals surface area contributed by atoms with Crippen LogP contribution >= 0.6 is 0 Å². The average molecular weight is 1110 g/mol. The summed E-state index contributed by atoms with van der Waals surface area (Å²) in [5.74, 6) is -1.90. The molecular formula is C56H66F2N8O12S. The summed E-state index contributed by atoms with van der Waals surface area (Å²) in [6.45, 7) is 9.16. The van der Waals surface area contributed by atoms with Crippen LogP contribution in [-0.2, 0) is 56.3 Å². The van der Waals surface area contributed by atoms with Gasteiger partial charge < -0.3 is 43.5 Å². The molecule has 4 amide bonds. The molecule has 0 saturated carbocycles. The van der Waals surface area contributed by atoms with Crippen molar-refractivity contribution in [2.24, 2.45) is 0 Å². The van der Waals surface area contributed by atoms with Crippen molar-refractivity contribution in [1.82, 2.24) is 34.9 Å². The van der Waals surface area contributed by atoms with Crippen LogP contribution in [0.3, 0.4) is 0 Å². The number of anilines is 1. The van der Waals surface area contributed by atoms with Crippen LogP contribution in [0.4, 0.5) is 14.5 Å². The van der Waals surface area contributed by atoms with Crippen molar-refractivity contribution in [1.29, 1.82) is 0 Å². The van der Waals surface area contributed by atoms with Gasteiger partial charge in [0.1, 0.15) is 24.3 Å². The summed E-state index contributed by atoms with van der Waals surface area (Å²) in [5, 5.41) is 5.09. The van der Waals surface area contributed by atoms with Gasteiger partial charge in [-0.15, -0.1) is 0 Å². The van der Waals surface area contributed by atoms with Gasteiger partial charge in [-0.2, -0.15) is 0 Å². The van der Waals surface area contributed by atoms with Crippen LogP contribution in [-0.4, -0.2) is 198 Å². The highest BCUT2D eigenvalue weighted by atomic mass is 32.2. The lowest BCUT2D eigenvalue weighted by molar-refractivity contribution is -0.137. The quantitative estimate of drug-likeness (QED) is 0.0581. The molecule has 20 nitrogen and oxygen atoms in total. The first-order chi connectivity index (χ1) is 38.3. The third-order valence-corrected chi connectivity index (χ3v) is 16.0. The number of amides is 4. The van der Waals surface area contributed by atoms with E-state index in [0.29, 0.717) is 95.8 Å². The minimum absolute atomic E-state index is 0.0210. The first kappa shape index (κ1) is 57.1. The number of hydrogen-bond donors (Lipinski definition) is 2. The Morgan fingerprint density at radius 2 is 1.42 bits per heavy atom. The second-order valence-electron chi connectivity index (χ2n) is 19.7. The fourth-order valence-corrected chi connectivity index (χ4v) is 11.3. The van der Waals surface area contributed by atoms with Crippen LogP contribution in [0.1, 0.15) is 40.7 Å². The lowest BCUT2D eigenvalue weighted by Crippen LogP contribution is -2.52. The van der Waals surface area contributed by atoms with Crippen LogP contribution in [0, 0.1) is 11.6 Å². The lowest BCUT2D eigenvalue weighted by Gasteiger charge is -2.34. The van der Waals surface area contributed by atoms with Gasteiger partial charge in [0.05, 0.1) is 94.4 Å². The molecule has 422 valence electrons. The highest BCUT2D eigenvalue weighted by Crippen LogP contribution is 2.36. The zero-order chi connectivity index (χ0) is 55.3. The van der Waals surface area contributed by atoms with E-state index in [-0.39, 0.29) is 93.6 Å². The molecule has 0 bridgehead atoms. The van der Waals surface area contributed by atoms with Gasteiger partial charge in [-0.1, -0.05) is 18.2 Å². The molecule has 1 unspecified atom stereocenters. The van der Waals surface area contributed by atoms with Crippen LogP contribution in [0.2, 0.25) is 0 Å². The second kappa shape index (κ2) is 27.1. The average Bonchev–Trinajstić information content (AvgIpc) is 3.80. The number of piperidine rings is 1. The van der Waals surface area contributed by atoms with Gasteiger partial charge in [0.2, 0.25) is 17.7 Å². The number of piperazine rings is 1. The second-order valence-corrected chi connectivity index (χ2v) is 22.0. The van der Waals surface area contributed by atoms with E-state index in [1.54, 1.807) is 54.6 Å². The molecule has 4 aliphatic heterocycles. The van der Waals surface area contributed by atoms with Crippen LogP contribution in [0.15, 0.2) is 72.9 Å². The predicted molar refractivity (Wildman–Crippen MR) is 288 cm³/mol. The monoisotopic (exact) mass is 1110 g/mol. The topological polar surface area (TPSA) is 221 Å². The van der Waals surface area contributed by atoms with Crippen molar-refractivity contribution < 1.29 is 64.8 Å². The number of fused-ring (bicyclic) bond motifs is 2.